The number of carbonyl (C=O) groups is 1. The number of nitrogens with one attached hydrogen (secondary N) is 1. The Morgan fingerprint density at radius 1 is 1.15 bits per heavy atom. The lowest BCUT2D eigenvalue weighted by molar-refractivity contribution is -0.113. The summed E-state index contributed by atoms with van der Waals surface area (Å²) in [6.07, 6.45) is 3.35. The molecule has 138 valence electrons. The Bertz CT molecular complexity index is 986. The van der Waals surface area contributed by atoms with E-state index in [-0.39, 0.29) is 17.5 Å². The number of aromatic nitrogens is 3. The molecule has 0 saturated heterocycles. The SMILES string of the molecule is Nn1c(SCC(=O)Nc2ccc3c(c2)CCC3)nnc1-c1ccc(F)cc1. The molecule has 0 saturated carbocycles. The molecule has 1 amide bonds. The quantitative estimate of drug-likeness (QED) is 0.522. The number of benzene rings is 2. The lowest BCUT2D eigenvalue weighted by Crippen LogP contribution is -2.16. The van der Waals surface area contributed by atoms with E-state index in [2.05, 4.69) is 21.6 Å². The van der Waals surface area contributed by atoms with Crippen LogP contribution in [0.15, 0.2) is 47.6 Å². The minimum Gasteiger partial charge on any atom is -0.335 e. The predicted molar refractivity (Wildman–Crippen MR) is 103 cm³/mol. The monoisotopic (exact) mass is 383 g/mol. The Morgan fingerprint density at radius 2 is 1.93 bits per heavy atom. The first-order chi connectivity index (χ1) is 13.1. The number of amides is 1. The number of rotatable bonds is 5. The lowest BCUT2D eigenvalue weighted by Gasteiger charge is -2.07. The molecule has 4 rings (SSSR count). The van der Waals surface area contributed by atoms with Crippen molar-refractivity contribution in [1.29, 1.82) is 0 Å². The van der Waals surface area contributed by atoms with Gasteiger partial charge in [0.05, 0.1) is 5.75 Å². The standard InChI is InChI=1S/C19H18FN5OS/c20-15-7-4-13(5-8-15)18-23-24-19(25(18)21)27-11-17(26)22-16-9-6-12-2-1-3-14(12)10-16/h4-10H,1-3,11,21H2,(H,22,26). The van der Waals surface area contributed by atoms with Crippen LogP contribution < -0.4 is 11.2 Å². The number of aryl methyl sites for hydroxylation is 2. The number of anilines is 1. The van der Waals surface area contributed by atoms with E-state index in [1.165, 1.54) is 46.1 Å². The number of thioether (sulfide) groups is 1. The molecule has 0 unspecified atom stereocenters. The number of nitrogens with two attached hydrogens (primary N) is 1. The number of hydrogen-bond donors (Lipinski definition) is 2. The molecular weight excluding hydrogens is 365 g/mol. The second-order valence-corrected chi connectivity index (χ2v) is 7.30. The predicted octanol–water partition coefficient (Wildman–Crippen LogP) is 3.02. The third-order valence-electron chi connectivity index (χ3n) is 4.48. The van der Waals surface area contributed by atoms with Gasteiger partial charge < -0.3 is 11.2 Å². The van der Waals surface area contributed by atoms with Crippen molar-refractivity contribution < 1.29 is 9.18 Å². The molecule has 3 aromatic rings. The topological polar surface area (TPSA) is 85.8 Å². The zero-order valence-electron chi connectivity index (χ0n) is 14.5. The maximum absolute atomic E-state index is 13.0. The van der Waals surface area contributed by atoms with Gasteiger partial charge in [-0.05, 0) is 66.8 Å². The summed E-state index contributed by atoms with van der Waals surface area (Å²) in [4.78, 5) is 12.2. The van der Waals surface area contributed by atoms with Crippen molar-refractivity contribution in [3.63, 3.8) is 0 Å². The van der Waals surface area contributed by atoms with Crippen LogP contribution in [-0.2, 0) is 17.6 Å². The average molecular weight is 383 g/mol. The number of halogens is 1. The first-order valence-electron chi connectivity index (χ1n) is 8.61. The molecule has 1 aromatic heterocycles. The molecule has 1 aliphatic carbocycles. The Hall–Kier alpha value is -2.87. The highest BCUT2D eigenvalue weighted by Gasteiger charge is 2.15. The summed E-state index contributed by atoms with van der Waals surface area (Å²) < 4.78 is 14.4. The average Bonchev–Trinajstić information content (AvgIpc) is 3.27. The fourth-order valence-corrected chi connectivity index (χ4v) is 3.80. The van der Waals surface area contributed by atoms with Crippen LogP contribution in [0.5, 0.6) is 0 Å². The molecule has 6 nitrogen and oxygen atoms in total. The Labute approximate surface area is 160 Å². The van der Waals surface area contributed by atoms with E-state index in [0.29, 0.717) is 16.5 Å². The second kappa shape index (κ2) is 7.40. The van der Waals surface area contributed by atoms with E-state index >= 15 is 0 Å². The van der Waals surface area contributed by atoms with Crippen LogP contribution >= 0.6 is 11.8 Å². The van der Waals surface area contributed by atoms with Crippen LogP contribution in [-0.4, -0.2) is 26.5 Å². The summed E-state index contributed by atoms with van der Waals surface area (Å²) in [7, 11) is 0. The normalized spacial score (nSPS) is 12.8. The van der Waals surface area contributed by atoms with Crippen molar-refractivity contribution in [2.24, 2.45) is 0 Å². The van der Waals surface area contributed by atoms with Crippen molar-refractivity contribution in [3.8, 4) is 11.4 Å². The summed E-state index contributed by atoms with van der Waals surface area (Å²) in [5.74, 6) is 6.13. The van der Waals surface area contributed by atoms with Gasteiger partial charge >= 0.3 is 0 Å². The van der Waals surface area contributed by atoms with Crippen LogP contribution in [0.25, 0.3) is 11.4 Å². The van der Waals surface area contributed by atoms with Crippen LogP contribution in [0.2, 0.25) is 0 Å². The van der Waals surface area contributed by atoms with Gasteiger partial charge in [0.1, 0.15) is 5.82 Å². The maximum Gasteiger partial charge on any atom is 0.234 e. The Balaban J connectivity index is 1.38. The first kappa shape index (κ1) is 17.5. The van der Waals surface area contributed by atoms with Crippen molar-refractivity contribution in [2.75, 3.05) is 16.9 Å². The summed E-state index contributed by atoms with van der Waals surface area (Å²) >= 11 is 1.20. The summed E-state index contributed by atoms with van der Waals surface area (Å²) in [6.45, 7) is 0. The first-order valence-corrected chi connectivity index (χ1v) is 9.59. The van der Waals surface area contributed by atoms with Crippen molar-refractivity contribution in [2.45, 2.75) is 24.4 Å². The van der Waals surface area contributed by atoms with E-state index in [9.17, 15) is 9.18 Å². The third-order valence-corrected chi connectivity index (χ3v) is 5.42. The summed E-state index contributed by atoms with van der Waals surface area (Å²) in [5, 5.41) is 11.4. The minimum atomic E-state index is -0.334. The highest BCUT2D eigenvalue weighted by Crippen LogP contribution is 2.25. The largest absolute Gasteiger partial charge is 0.335 e. The molecule has 1 aliphatic rings. The maximum atomic E-state index is 13.0. The van der Waals surface area contributed by atoms with E-state index in [1.54, 1.807) is 12.1 Å². The van der Waals surface area contributed by atoms with Crippen LogP contribution in [0.4, 0.5) is 10.1 Å². The molecule has 0 bridgehead atoms. The minimum absolute atomic E-state index is 0.135. The highest BCUT2D eigenvalue weighted by molar-refractivity contribution is 7.99. The molecule has 2 aromatic carbocycles. The van der Waals surface area contributed by atoms with Gasteiger partial charge in [-0.15, -0.1) is 10.2 Å². The van der Waals surface area contributed by atoms with Gasteiger partial charge in [-0.25, -0.2) is 9.07 Å². The van der Waals surface area contributed by atoms with Gasteiger partial charge in [-0.1, -0.05) is 17.8 Å². The molecule has 0 spiro atoms. The van der Waals surface area contributed by atoms with Crippen molar-refractivity contribution in [3.05, 3.63) is 59.4 Å². The molecule has 27 heavy (non-hydrogen) atoms. The van der Waals surface area contributed by atoms with Gasteiger partial charge in [0.25, 0.3) is 0 Å². The van der Waals surface area contributed by atoms with E-state index in [1.807, 2.05) is 12.1 Å². The summed E-state index contributed by atoms with van der Waals surface area (Å²) in [5.41, 5.74) is 4.14. The number of carbonyl (C=O) groups excluding carboxylic acids is 1. The van der Waals surface area contributed by atoms with E-state index in [4.69, 9.17) is 5.84 Å². The molecule has 0 atom stereocenters. The van der Waals surface area contributed by atoms with Crippen LogP contribution in [0, 0.1) is 5.82 Å². The van der Waals surface area contributed by atoms with Gasteiger partial charge in [-0.2, -0.15) is 0 Å². The fourth-order valence-electron chi connectivity index (χ4n) is 3.15. The van der Waals surface area contributed by atoms with Gasteiger partial charge in [0.15, 0.2) is 5.82 Å². The number of hydrogen-bond acceptors (Lipinski definition) is 5. The third kappa shape index (κ3) is 3.80. The molecule has 0 radical (unpaired) electrons. The molecule has 1 heterocycles. The lowest BCUT2D eigenvalue weighted by atomic mass is 10.1. The number of nitrogens with zero attached hydrogens (tertiary/aromatic N) is 3. The van der Waals surface area contributed by atoms with Crippen molar-refractivity contribution in [1.82, 2.24) is 14.9 Å². The molecule has 0 aliphatic heterocycles. The van der Waals surface area contributed by atoms with Gasteiger partial charge in [-0.3, -0.25) is 4.79 Å². The van der Waals surface area contributed by atoms with Gasteiger partial charge in [0.2, 0.25) is 11.1 Å². The molecule has 8 heteroatoms. The summed E-state index contributed by atoms with van der Waals surface area (Å²) in [6, 6.07) is 11.9. The second-order valence-electron chi connectivity index (χ2n) is 6.36. The van der Waals surface area contributed by atoms with Crippen LogP contribution in [0.1, 0.15) is 17.5 Å². The number of fused-ring (bicyclic) bond motifs is 1. The fraction of sp³-hybridized carbons (Fsp3) is 0.211. The molecular formula is C19H18FN5OS. The van der Waals surface area contributed by atoms with Crippen LogP contribution in [0.3, 0.4) is 0 Å². The Kier molecular flexibility index (Phi) is 4.81. The molecule has 0 fully saturated rings. The highest BCUT2D eigenvalue weighted by atomic mass is 32.2. The van der Waals surface area contributed by atoms with E-state index < -0.39 is 0 Å². The van der Waals surface area contributed by atoms with Gasteiger partial charge in [0, 0.05) is 11.3 Å². The zero-order chi connectivity index (χ0) is 18.8. The number of nitrogen functional groups attached to an aromatic ring is 1. The molecule has 3 N–H and O–H groups in total. The Morgan fingerprint density at radius 3 is 2.74 bits per heavy atom. The smallest absolute Gasteiger partial charge is 0.234 e. The zero-order valence-corrected chi connectivity index (χ0v) is 15.3. The van der Waals surface area contributed by atoms with Crippen molar-refractivity contribution >= 4 is 23.4 Å². The van der Waals surface area contributed by atoms with E-state index in [0.717, 1.165) is 18.5 Å².